The van der Waals surface area contributed by atoms with E-state index in [0.29, 0.717) is 33.5 Å². The number of nitrogens with zero attached hydrogens (tertiary/aromatic N) is 2. The van der Waals surface area contributed by atoms with Gasteiger partial charge in [0.1, 0.15) is 12.6 Å². The Kier molecular flexibility index (Phi) is 12.0. The lowest BCUT2D eigenvalue weighted by atomic mass is 9.95. The Morgan fingerprint density at radius 1 is 0.911 bits per heavy atom. The number of rotatable bonds is 13. The van der Waals surface area contributed by atoms with Crippen LogP contribution in [0, 0.1) is 0 Å². The zero-order chi connectivity index (χ0) is 32.6. The quantitative estimate of drug-likeness (QED) is 0.223. The summed E-state index contributed by atoms with van der Waals surface area (Å²) in [6.45, 7) is 1.26. The number of nitrogens with one attached hydrogen (secondary N) is 1. The van der Waals surface area contributed by atoms with Crippen molar-refractivity contribution in [3.63, 3.8) is 0 Å². The SMILES string of the molecule is CCC(C(=O)NC1CCCCC1)N(Cc1ccc(Cl)c(Cl)c1)C(=O)CN(c1ccc(OC)c(OC)c1)S(=O)(=O)c1ccccc1. The number of methoxy groups -OCH3 is 2. The normalized spacial score (nSPS) is 14.3. The average molecular weight is 677 g/mol. The van der Waals surface area contributed by atoms with Crippen molar-refractivity contribution in [1.82, 2.24) is 10.2 Å². The minimum Gasteiger partial charge on any atom is -0.493 e. The fourth-order valence-corrected chi connectivity index (χ4v) is 7.27. The molecule has 1 N–H and O–H groups in total. The molecule has 1 fully saturated rings. The molecule has 0 saturated heterocycles. The molecule has 1 aliphatic carbocycles. The molecule has 242 valence electrons. The van der Waals surface area contributed by atoms with Crippen LogP contribution < -0.4 is 19.1 Å². The first-order chi connectivity index (χ1) is 21.6. The second kappa shape index (κ2) is 15.7. The number of carbonyl (C=O) groups excluding carboxylic acids is 2. The number of carbonyl (C=O) groups is 2. The minimum absolute atomic E-state index is 0.00528. The van der Waals surface area contributed by atoms with Crippen LogP contribution >= 0.6 is 23.2 Å². The summed E-state index contributed by atoms with van der Waals surface area (Å²) in [5.41, 5.74) is 0.837. The van der Waals surface area contributed by atoms with Gasteiger partial charge in [0.25, 0.3) is 10.0 Å². The van der Waals surface area contributed by atoms with Crippen LogP contribution in [0.4, 0.5) is 5.69 Å². The minimum atomic E-state index is -4.24. The van der Waals surface area contributed by atoms with Crippen molar-refractivity contribution in [2.45, 2.75) is 69.0 Å². The number of amides is 2. The van der Waals surface area contributed by atoms with E-state index in [1.807, 2.05) is 6.92 Å². The lowest BCUT2D eigenvalue weighted by molar-refractivity contribution is -0.140. The molecular weight excluding hydrogens is 637 g/mol. The van der Waals surface area contributed by atoms with Crippen LogP contribution in [0.5, 0.6) is 11.5 Å². The van der Waals surface area contributed by atoms with E-state index >= 15 is 0 Å². The maximum Gasteiger partial charge on any atom is 0.264 e. The largest absolute Gasteiger partial charge is 0.493 e. The Hall–Kier alpha value is -3.47. The van der Waals surface area contributed by atoms with Crippen molar-refractivity contribution in [3.05, 3.63) is 82.3 Å². The molecule has 2 amide bonds. The van der Waals surface area contributed by atoms with Gasteiger partial charge in [0.15, 0.2) is 11.5 Å². The van der Waals surface area contributed by atoms with E-state index in [4.69, 9.17) is 32.7 Å². The molecule has 0 aromatic heterocycles. The van der Waals surface area contributed by atoms with Gasteiger partial charge in [-0.15, -0.1) is 0 Å². The summed E-state index contributed by atoms with van der Waals surface area (Å²) < 4.78 is 40.0. The van der Waals surface area contributed by atoms with Gasteiger partial charge in [-0.05, 0) is 61.2 Å². The highest BCUT2D eigenvalue weighted by molar-refractivity contribution is 7.92. The highest BCUT2D eigenvalue weighted by Crippen LogP contribution is 2.34. The van der Waals surface area contributed by atoms with Crippen molar-refractivity contribution in [2.24, 2.45) is 0 Å². The third kappa shape index (κ3) is 8.42. The average Bonchev–Trinajstić information content (AvgIpc) is 3.05. The maximum atomic E-state index is 14.4. The Morgan fingerprint density at radius 2 is 1.60 bits per heavy atom. The zero-order valence-corrected chi connectivity index (χ0v) is 28.0. The molecule has 1 saturated carbocycles. The van der Waals surface area contributed by atoms with E-state index in [2.05, 4.69) is 5.32 Å². The topological polar surface area (TPSA) is 105 Å². The van der Waals surface area contributed by atoms with Gasteiger partial charge in [-0.2, -0.15) is 0 Å². The van der Waals surface area contributed by atoms with Gasteiger partial charge in [0.2, 0.25) is 11.8 Å². The Bertz CT molecular complexity index is 1580. The molecule has 1 atom stereocenters. The van der Waals surface area contributed by atoms with Gasteiger partial charge >= 0.3 is 0 Å². The molecule has 0 spiro atoms. The van der Waals surface area contributed by atoms with E-state index in [1.54, 1.807) is 48.5 Å². The lowest BCUT2D eigenvalue weighted by Crippen LogP contribution is -2.54. The van der Waals surface area contributed by atoms with Crippen LogP contribution in [0.1, 0.15) is 51.0 Å². The number of ether oxygens (including phenoxy) is 2. The summed E-state index contributed by atoms with van der Waals surface area (Å²) in [7, 11) is -1.32. The zero-order valence-electron chi connectivity index (χ0n) is 25.7. The van der Waals surface area contributed by atoms with Crippen LogP contribution in [-0.2, 0) is 26.2 Å². The van der Waals surface area contributed by atoms with Crippen molar-refractivity contribution in [3.8, 4) is 11.5 Å². The van der Waals surface area contributed by atoms with Crippen molar-refractivity contribution in [2.75, 3.05) is 25.1 Å². The first-order valence-corrected chi connectivity index (χ1v) is 17.1. The third-order valence-electron chi connectivity index (χ3n) is 7.94. The number of sulfonamides is 1. The predicted molar refractivity (Wildman–Crippen MR) is 177 cm³/mol. The first-order valence-electron chi connectivity index (χ1n) is 14.9. The number of anilines is 1. The molecule has 12 heteroatoms. The fraction of sp³-hybridized carbons (Fsp3) is 0.394. The van der Waals surface area contributed by atoms with E-state index < -0.39 is 28.5 Å². The molecule has 0 bridgehead atoms. The molecular formula is C33H39Cl2N3O6S. The maximum absolute atomic E-state index is 14.4. The Labute approximate surface area is 275 Å². The summed E-state index contributed by atoms with van der Waals surface area (Å²) in [5.74, 6) is -0.152. The molecule has 9 nitrogen and oxygen atoms in total. The molecule has 3 aromatic carbocycles. The third-order valence-corrected chi connectivity index (χ3v) is 10.5. The van der Waals surface area contributed by atoms with Gasteiger partial charge in [0.05, 0.1) is 34.8 Å². The molecule has 3 aromatic rings. The summed E-state index contributed by atoms with van der Waals surface area (Å²) in [6.07, 6.45) is 5.27. The highest BCUT2D eigenvalue weighted by atomic mass is 35.5. The standard InChI is InChI=1S/C33H39Cl2N3O6S/c1-4-29(33(40)36-24-11-7-5-8-12-24)37(21-23-15-17-27(34)28(35)19-23)32(39)22-38(45(41,42)26-13-9-6-10-14-26)25-16-18-30(43-2)31(20-25)44-3/h6,9-10,13-20,24,29H,4-5,7-8,11-12,21-22H2,1-3H3,(H,36,40). The molecule has 1 unspecified atom stereocenters. The second-order valence-electron chi connectivity index (χ2n) is 10.9. The van der Waals surface area contributed by atoms with Crippen LogP contribution in [0.25, 0.3) is 0 Å². The van der Waals surface area contributed by atoms with E-state index in [9.17, 15) is 18.0 Å². The lowest BCUT2D eigenvalue weighted by Gasteiger charge is -2.34. The van der Waals surface area contributed by atoms with Crippen LogP contribution in [0.2, 0.25) is 10.0 Å². The van der Waals surface area contributed by atoms with Gasteiger partial charge in [-0.3, -0.25) is 13.9 Å². The smallest absolute Gasteiger partial charge is 0.264 e. The molecule has 1 aliphatic rings. The van der Waals surface area contributed by atoms with Gasteiger partial charge < -0.3 is 19.7 Å². The predicted octanol–water partition coefficient (Wildman–Crippen LogP) is 6.46. The Morgan fingerprint density at radius 3 is 2.22 bits per heavy atom. The fourth-order valence-electron chi connectivity index (χ4n) is 5.53. The van der Waals surface area contributed by atoms with Crippen molar-refractivity contribution >= 4 is 50.7 Å². The number of benzene rings is 3. The van der Waals surface area contributed by atoms with Gasteiger partial charge in [-0.1, -0.05) is 73.7 Å². The second-order valence-corrected chi connectivity index (χ2v) is 13.6. The summed E-state index contributed by atoms with van der Waals surface area (Å²) >= 11 is 12.5. The molecule has 4 rings (SSSR count). The molecule has 0 heterocycles. The van der Waals surface area contributed by atoms with Gasteiger partial charge in [-0.25, -0.2) is 8.42 Å². The van der Waals surface area contributed by atoms with Gasteiger partial charge in [0, 0.05) is 18.7 Å². The monoisotopic (exact) mass is 675 g/mol. The van der Waals surface area contributed by atoms with Crippen molar-refractivity contribution in [1.29, 1.82) is 0 Å². The highest BCUT2D eigenvalue weighted by Gasteiger charge is 2.35. The van der Waals surface area contributed by atoms with E-state index in [0.717, 1.165) is 36.4 Å². The van der Waals surface area contributed by atoms with Crippen LogP contribution in [-0.4, -0.2) is 58.0 Å². The first kappa shape index (κ1) is 34.4. The van der Waals surface area contributed by atoms with Crippen LogP contribution in [0.3, 0.4) is 0 Å². The van der Waals surface area contributed by atoms with E-state index in [-0.39, 0.29) is 29.1 Å². The number of hydrogen-bond donors (Lipinski definition) is 1. The van der Waals surface area contributed by atoms with Crippen LogP contribution in [0.15, 0.2) is 71.6 Å². The Balaban J connectivity index is 1.75. The molecule has 0 radical (unpaired) electrons. The number of halogens is 2. The summed E-state index contributed by atoms with van der Waals surface area (Å²) in [6, 6.07) is 16.7. The molecule has 45 heavy (non-hydrogen) atoms. The van der Waals surface area contributed by atoms with E-state index in [1.165, 1.54) is 37.3 Å². The summed E-state index contributed by atoms with van der Waals surface area (Å²) in [5, 5.41) is 3.80. The summed E-state index contributed by atoms with van der Waals surface area (Å²) in [4.78, 5) is 29.5. The van der Waals surface area contributed by atoms with Crippen molar-refractivity contribution < 1.29 is 27.5 Å². The number of hydrogen-bond acceptors (Lipinski definition) is 6. The molecule has 0 aliphatic heterocycles.